The van der Waals surface area contributed by atoms with Crippen molar-refractivity contribution in [3.8, 4) is 5.75 Å². The largest absolute Gasteiger partial charge is 0.492 e. The summed E-state index contributed by atoms with van der Waals surface area (Å²) >= 11 is 0. The Balaban J connectivity index is 2.11. The first-order chi connectivity index (χ1) is 9.26. The van der Waals surface area contributed by atoms with Crippen LogP contribution in [-0.4, -0.2) is 12.6 Å². The molecule has 0 amide bonds. The van der Waals surface area contributed by atoms with Crippen LogP contribution >= 0.6 is 0 Å². The van der Waals surface area contributed by atoms with Crippen molar-refractivity contribution >= 4 is 11.4 Å². The van der Waals surface area contributed by atoms with Crippen LogP contribution in [0, 0.1) is 5.92 Å². The van der Waals surface area contributed by atoms with E-state index >= 15 is 0 Å². The fourth-order valence-corrected chi connectivity index (χ4v) is 3.04. The van der Waals surface area contributed by atoms with Crippen LogP contribution in [0.5, 0.6) is 5.75 Å². The van der Waals surface area contributed by atoms with Crippen LogP contribution in [0.1, 0.15) is 46.0 Å². The Morgan fingerprint density at radius 2 is 2.05 bits per heavy atom. The van der Waals surface area contributed by atoms with Crippen LogP contribution in [0.3, 0.4) is 0 Å². The molecule has 0 heterocycles. The molecule has 0 aliphatic heterocycles. The van der Waals surface area contributed by atoms with Gasteiger partial charge in [-0.25, -0.2) is 0 Å². The van der Waals surface area contributed by atoms with Crippen molar-refractivity contribution in [3.63, 3.8) is 0 Å². The smallest absolute Gasteiger partial charge is 0.144 e. The van der Waals surface area contributed by atoms with Gasteiger partial charge in [0.2, 0.25) is 0 Å². The van der Waals surface area contributed by atoms with Crippen LogP contribution in [0.2, 0.25) is 0 Å². The molecule has 0 spiro atoms. The van der Waals surface area contributed by atoms with Crippen molar-refractivity contribution in [2.45, 2.75) is 52.0 Å². The van der Waals surface area contributed by atoms with Gasteiger partial charge in [-0.2, -0.15) is 0 Å². The first kappa shape index (κ1) is 14.0. The first-order valence-electron chi connectivity index (χ1n) is 7.54. The minimum absolute atomic E-state index is 0.554. The fourth-order valence-electron chi connectivity index (χ4n) is 3.04. The summed E-state index contributed by atoms with van der Waals surface area (Å²) < 4.78 is 5.55. The van der Waals surface area contributed by atoms with Gasteiger partial charge in [-0.3, -0.25) is 0 Å². The second kappa shape index (κ2) is 6.69. The molecule has 0 bridgehead atoms. The number of nitrogen functional groups attached to an aromatic ring is 1. The van der Waals surface area contributed by atoms with Gasteiger partial charge in [0, 0.05) is 6.04 Å². The Kier molecular flexibility index (Phi) is 4.94. The number of hydrogen-bond acceptors (Lipinski definition) is 3. The van der Waals surface area contributed by atoms with E-state index in [9.17, 15) is 0 Å². The van der Waals surface area contributed by atoms with Gasteiger partial charge in [-0.05, 0) is 37.8 Å². The average molecular weight is 262 g/mol. The molecule has 0 radical (unpaired) electrons. The molecule has 2 atom stereocenters. The molecule has 1 aliphatic rings. The Morgan fingerprint density at radius 1 is 1.26 bits per heavy atom. The minimum atomic E-state index is 0.554. The molecule has 106 valence electrons. The molecule has 1 aromatic carbocycles. The third-order valence-electron chi connectivity index (χ3n) is 4.14. The van der Waals surface area contributed by atoms with Crippen molar-refractivity contribution in [2.24, 2.45) is 5.92 Å². The third-order valence-corrected chi connectivity index (χ3v) is 4.14. The average Bonchev–Trinajstić information content (AvgIpc) is 2.44. The van der Waals surface area contributed by atoms with Crippen LogP contribution in [0.15, 0.2) is 18.2 Å². The molecular weight excluding hydrogens is 236 g/mol. The molecule has 2 unspecified atom stereocenters. The van der Waals surface area contributed by atoms with E-state index in [4.69, 9.17) is 10.5 Å². The highest BCUT2D eigenvalue weighted by molar-refractivity contribution is 5.73. The zero-order chi connectivity index (χ0) is 13.7. The molecule has 1 aliphatic carbocycles. The number of benzene rings is 1. The summed E-state index contributed by atoms with van der Waals surface area (Å²) in [6.07, 6.45) is 6.50. The summed E-state index contributed by atoms with van der Waals surface area (Å²) in [4.78, 5) is 0. The van der Waals surface area contributed by atoms with Crippen LogP contribution in [-0.2, 0) is 0 Å². The Morgan fingerprint density at radius 3 is 2.79 bits per heavy atom. The number of nitrogens with one attached hydrogen (secondary N) is 1. The lowest BCUT2D eigenvalue weighted by Crippen LogP contribution is -2.32. The van der Waals surface area contributed by atoms with Gasteiger partial charge in [-0.1, -0.05) is 32.3 Å². The summed E-state index contributed by atoms with van der Waals surface area (Å²) in [7, 11) is 0. The summed E-state index contributed by atoms with van der Waals surface area (Å²) in [6.45, 7) is 4.91. The summed E-state index contributed by atoms with van der Waals surface area (Å²) in [5.41, 5.74) is 7.95. The fraction of sp³-hybridized carbons (Fsp3) is 0.625. The maximum Gasteiger partial charge on any atom is 0.144 e. The van der Waals surface area contributed by atoms with Crippen molar-refractivity contribution < 1.29 is 4.74 Å². The number of rotatable bonds is 5. The molecule has 0 saturated heterocycles. The predicted molar refractivity (Wildman–Crippen MR) is 81.7 cm³/mol. The molecule has 3 N–H and O–H groups in total. The van der Waals surface area contributed by atoms with Crippen molar-refractivity contribution in [3.05, 3.63) is 18.2 Å². The molecule has 3 nitrogen and oxygen atoms in total. The lowest BCUT2D eigenvalue weighted by molar-refractivity contribution is 0.317. The van der Waals surface area contributed by atoms with Gasteiger partial charge in [0.25, 0.3) is 0 Å². The lowest BCUT2D eigenvalue weighted by atomic mass is 9.83. The second-order valence-electron chi connectivity index (χ2n) is 5.35. The number of ether oxygens (including phenoxy) is 1. The van der Waals surface area contributed by atoms with Gasteiger partial charge >= 0.3 is 0 Å². The monoisotopic (exact) mass is 262 g/mol. The van der Waals surface area contributed by atoms with E-state index < -0.39 is 0 Å². The standard InChI is InChI=1S/C16H26N2O/c1-3-12-8-5-6-9-13(12)18-14-10-7-11-15(16(14)17)19-4-2/h7,10-13,18H,3-6,8-9,17H2,1-2H3. The maximum absolute atomic E-state index is 6.19. The van der Waals surface area contributed by atoms with Crippen LogP contribution in [0.4, 0.5) is 11.4 Å². The highest BCUT2D eigenvalue weighted by Crippen LogP contribution is 2.34. The molecule has 3 heteroatoms. The highest BCUT2D eigenvalue weighted by Gasteiger charge is 2.24. The van der Waals surface area contributed by atoms with E-state index in [0.29, 0.717) is 12.6 Å². The van der Waals surface area contributed by atoms with E-state index in [1.165, 1.54) is 32.1 Å². The van der Waals surface area contributed by atoms with Gasteiger partial charge in [0.1, 0.15) is 5.75 Å². The Labute approximate surface area is 116 Å². The molecule has 0 aromatic heterocycles. The summed E-state index contributed by atoms with van der Waals surface area (Å²) in [5, 5.41) is 3.64. The van der Waals surface area contributed by atoms with Crippen LogP contribution < -0.4 is 15.8 Å². The van der Waals surface area contributed by atoms with Gasteiger partial charge in [-0.15, -0.1) is 0 Å². The molecule has 1 saturated carbocycles. The Bertz CT molecular complexity index is 406. The first-order valence-corrected chi connectivity index (χ1v) is 7.54. The van der Waals surface area contributed by atoms with Crippen molar-refractivity contribution in [1.29, 1.82) is 0 Å². The maximum atomic E-state index is 6.19. The summed E-state index contributed by atoms with van der Waals surface area (Å²) in [6, 6.07) is 6.55. The number of nitrogens with two attached hydrogens (primary N) is 1. The van der Waals surface area contributed by atoms with E-state index in [1.807, 2.05) is 19.1 Å². The lowest BCUT2D eigenvalue weighted by Gasteiger charge is -2.32. The van der Waals surface area contributed by atoms with E-state index in [2.05, 4.69) is 18.3 Å². The Hall–Kier alpha value is -1.38. The predicted octanol–water partition coefficient (Wildman–Crippen LogP) is 4.05. The van der Waals surface area contributed by atoms with Crippen molar-refractivity contribution in [1.82, 2.24) is 0 Å². The van der Waals surface area contributed by atoms with Gasteiger partial charge in [0.05, 0.1) is 18.0 Å². The van der Waals surface area contributed by atoms with Crippen LogP contribution in [0.25, 0.3) is 0 Å². The zero-order valence-electron chi connectivity index (χ0n) is 12.1. The molecular formula is C16H26N2O. The molecule has 19 heavy (non-hydrogen) atoms. The number of hydrogen-bond donors (Lipinski definition) is 2. The second-order valence-corrected chi connectivity index (χ2v) is 5.35. The quantitative estimate of drug-likeness (QED) is 0.787. The molecule has 2 rings (SSSR count). The molecule has 1 fully saturated rings. The van der Waals surface area contributed by atoms with Gasteiger partial charge < -0.3 is 15.8 Å². The summed E-state index contributed by atoms with van der Waals surface area (Å²) in [5.74, 6) is 1.56. The normalized spacial score (nSPS) is 23.1. The molecule has 1 aromatic rings. The van der Waals surface area contributed by atoms with Crippen molar-refractivity contribution in [2.75, 3.05) is 17.7 Å². The number of para-hydroxylation sites is 1. The number of anilines is 2. The van der Waals surface area contributed by atoms with E-state index in [-0.39, 0.29) is 0 Å². The highest BCUT2D eigenvalue weighted by atomic mass is 16.5. The topological polar surface area (TPSA) is 47.3 Å². The van der Waals surface area contributed by atoms with Gasteiger partial charge in [0.15, 0.2) is 0 Å². The van der Waals surface area contributed by atoms with E-state index in [0.717, 1.165) is 23.0 Å². The zero-order valence-corrected chi connectivity index (χ0v) is 12.1. The minimum Gasteiger partial charge on any atom is -0.492 e. The SMILES string of the molecule is CCOc1cccc(NC2CCCCC2CC)c1N. The van der Waals surface area contributed by atoms with E-state index in [1.54, 1.807) is 0 Å². The third kappa shape index (κ3) is 3.34.